The number of carbonyl (C=O) groups is 3. The van der Waals surface area contributed by atoms with Crippen molar-refractivity contribution in [2.45, 2.75) is 62.4 Å². The Morgan fingerprint density at radius 3 is 2.50 bits per heavy atom. The monoisotopic (exact) mass is 440 g/mol. The Morgan fingerprint density at radius 2 is 2.09 bits per heavy atom. The standard InChI is InChI=1S/C14H21IN2O4S/c1-8(18)16-14(11(20)21-12(2,3)4)13(5,7-15)22-10-6-9(19)17(10)14/h10H,6-7H2,1-5H3,(H,16,18)/t10-,13?,14?/m1/s1. The van der Waals surface area contributed by atoms with Gasteiger partial charge in [-0.3, -0.25) is 14.5 Å². The number of fused-ring (bicyclic) bond motifs is 1. The first-order valence-corrected chi connectivity index (χ1v) is 9.45. The third-order valence-electron chi connectivity index (χ3n) is 3.73. The number of hydrogen-bond acceptors (Lipinski definition) is 5. The molecule has 0 bridgehead atoms. The minimum Gasteiger partial charge on any atom is -0.457 e. The number of amides is 2. The molecule has 0 aliphatic carbocycles. The molecule has 2 unspecified atom stereocenters. The fourth-order valence-electron chi connectivity index (χ4n) is 2.82. The van der Waals surface area contributed by atoms with E-state index in [1.165, 1.54) is 11.8 Å². The number of halogens is 1. The van der Waals surface area contributed by atoms with Crippen LogP contribution in [0.1, 0.15) is 41.0 Å². The topological polar surface area (TPSA) is 75.7 Å². The molecule has 2 saturated heterocycles. The second kappa shape index (κ2) is 5.54. The van der Waals surface area contributed by atoms with E-state index in [0.29, 0.717) is 10.8 Å². The third-order valence-corrected chi connectivity index (χ3v) is 7.39. The average Bonchev–Trinajstić information content (AvgIpc) is 2.53. The fourth-order valence-corrected chi connectivity index (χ4v) is 5.58. The van der Waals surface area contributed by atoms with Gasteiger partial charge in [0.1, 0.15) is 5.60 Å². The van der Waals surface area contributed by atoms with Crippen molar-refractivity contribution in [3.8, 4) is 0 Å². The number of nitrogens with one attached hydrogen (secondary N) is 1. The van der Waals surface area contributed by atoms with E-state index in [0.717, 1.165) is 0 Å². The van der Waals surface area contributed by atoms with Gasteiger partial charge in [-0.2, -0.15) is 0 Å². The van der Waals surface area contributed by atoms with Gasteiger partial charge in [0.25, 0.3) is 0 Å². The van der Waals surface area contributed by atoms with E-state index < -0.39 is 22.0 Å². The van der Waals surface area contributed by atoms with Crippen molar-refractivity contribution in [1.82, 2.24) is 10.2 Å². The van der Waals surface area contributed by atoms with Crippen LogP contribution < -0.4 is 5.32 Å². The third kappa shape index (κ3) is 2.61. The molecule has 0 aromatic rings. The fraction of sp³-hybridized carbons (Fsp3) is 0.786. The Morgan fingerprint density at radius 1 is 1.50 bits per heavy atom. The van der Waals surface area contributed by atoms with Crippen LogP contribution in [0.25, 0.3) is 0 Å². The van der Waals surface area contributed by atoms with Gasteiger partial charge in [0.05, 0.1) is 16.5 Å². The predicted octanol–water partition coefficient (Wildman–Crippen LogP) is 1.66. The molecule has 2 aliphatic heterocycles. The average molecular weight is 440 g/mol. The first-order chi connectivity index (χ1) is 9.97. The quantitative estimate of drug-likeness (QED) is 0.313. The van der Waals surface area contributed by atoms with Gasteiger partial charge in [-0.25, -0.2) is 4.79 Å². The van der Waals surface area contributed by atoms with Gasteiger partial charge in [0.2, 0.25) is 17.5 Å². The lowest BCUT2D eigenvalue weighted by atomic mass is 9.89. The minimum atomic E-state index is -1.45. The molecular weight excluding hydrogens is 419 g/mol. The van der Waals surface area contributed by atoms with E-state index in [-0.39, 0.29) is 17.2 Å². The molecule has 2 heterocycles. The van der Waals surface area contributed by atoms with Crippen LogP contribution in [0.3, 0.4) is 0 Å². The van der Waals surface area contributed by atoms with Crippen LogP contribution in [-0.2, 0) is 19.1 Å². The molecule has 22 heavy (non-hydrogen) atoms. The summed E-state index contributed by atoms with van der Waals surface area (Å²) in [4.78, 5) is 38.4. The van der Waals surface area contributed by atoms with E-state index in [9.17, 15) is 14.4 Å². The Bertz CT molecular complexity index is 535. The summed E-state index contributed by atoms with van der Waals surface area (Å²) >= 11 is 3.74. The molecule has 0 aromatic heterocycles. The summed E-state index contributed by atoms with van der Waals surface area (Å²) in [6, 6.07) is 0. The summed E-state index contributed by atoms with van der Waals surface area (Å²) in [5.41, 5.74) is -2.15. The van der Waals surface area contributed by atoms with Gasteiger partial charge in [-0.05, 0) is 27.7 Å². The first kappa shape index (κ1) is 17.8. The van der Waals surface area contributed by atoms with Crippen molar-refractivity contribution < 1.29 is 19.1 Å². The highest BCUT2D eigenvalue weighted by molar-refractivity contribution is 14.1. The molecule has 2 aliphatic rings. The highest BCUT2D eigenvalue weighted by atomic mass is 127. The van der Waals surface area contributed by atoms with Crippen molar-refractivity contribution >= 4 is 52.1 Å². The lowest BCUT2D eigenvalue weighted by Crippen LogP contribution is -2.76. The number of carbonyl (C=O) groups excluding carboxylic acids is 3. The normalized spacial score (nSPS) is 34.0. The summed E-state index contributed by atoms with van der Waals surface area (Å²) < 4.78 is 5.51. The van der Waals surface area contributed by atoms with E-state index in [1.54, 1.807) is 32.5 Å². The van der Waals surface area contributed by atoms with Crippen molar-refractivity contribution in [3.05, 3.63) is 0 Å². The molecule has 2 amide bonds. The van der Waals surface area contributed by atoms with Crippen molar-refractivity contribution in [3.63, 3.8) is 0 Å². The molecule has 0 aromatic carbocycles. The molecule has 6 nitrogen and oxygen atoms in total. The van der Waals surface area contributed by atoms with Crippen LogP contribution in [-0.4, -0.2) is 48.5 Å². The van der Waals surface area contributed by atoms with Crippen LogP contribution >= 0.6 is 34.4 Å². The van der Waals surface area contributed by atoms with E-state index in [1.807, 2.05) is 6.92 Å². The number of nitrogens with zero attached hydrogens (tertiary/aromatic N) is 1. The molecular formula is C14H21IN2O4S. The Balaban J connectivity index is 2.52. The first-order valence-electron chi connectivity index (χ1n) is 7.05. The number of thioether (sulfide) groups is 1. The number of esters is 1. The maximum absolute atomic E-state index is 13.0. The molecule has 0 saturated carbocycles. The Hall–Kier alpha value is -0.510. The molecule has 8 heteroatoms. The molecule has 2 fully saturated rings. The van der Waals surface area contributed by atoms with Gasteiger partial charge in [0.15, 0.2) is 0 Å². The molecule has 0 spiro atoms. The molecule has 1 N–H and O–H groups in total. The highest BCUT2D eigenvalue weighted by Gasteiger charge is 2.72. The lowest BCUT2D eigenvalue weighted by molar-refractivity contribution is -0.185. The van der Waals surface area contributed by atoms with Gasteiger partial charge in [0, 0.05) is 11.4 Å². The smallest absolute Gasteiger partial charge is 0.355 e. The van der Waals surface area contributed by atoms with E-state index in [2.05, 4.69) is 27.9 Å². The zero-order chi connectivity index (χ0) is 16.9. The SMILES string of the molecule is CC(=O)NC1(C(=O)OC(C)(C)C)N2C(=O)C[C@H]2SC1(C)CI. The second-order valence-corrected chi connectivity index (χ2v) is 9.24. The number of alkyl halides is 1. The van der Waals surface area contributed by atoms with Crippen LogP contribution in [0.5, 0.6) is 0 Å². The largest absolute Gasteiger partial charge is 0.457 e. The summed E-state index contributed by atoms with van der Waals surface area (Å²) in [6.07, 6.45) is 0.390. The summed E-state index contributed by atoms with van der Waals surface area (Å²) in [7, 11) is 0. The minimum absolute atomic E-state index is 0.0911. The van der Waals surface area contributed by atoms with Crippen molar-refractivity contribution in [1.29, 1.82) is 0 Å². The molecule has 124 valence electrons. The maximum atomic E-state index is 13.0. The van der Waals surface area contributed by atoms with Crippen molar-refractivity contribution in [2.75, 3.05) is 4.43 Å². The van der Waals surface area contributed by atoms with Gasteiger partial charge < -0.3 is 10.1 Å². The van der Waals surface area contributed by atoms with Gasteiger partial charge >= 0.3 is 5.97 Å². The summed E-state index contributed by atoms with van der Waals surface area (Å²) in [5.74, 6) is -1.06. The molecule has 0 radical (unpaired) electrons. The zero-order valence-electron chi connectivity index (χ0n) is 13.4. The maximum Gasteiger partial charge on any atom is 0.355 e. The van der Waals surface area contributed by atoms with Crippen molar-refractivity contribution in [2.24, 2.45) is 0 Å². The number of ether oxygens (including phenoxy) is 1. The predicted molar refractivity (Wildman–Crippen MR) is 92.5 cm³/mol. The Labute approximate surface area is 148 Å². The number of β-lactam (4-membered cyclic amide) rings is 1. The summed E-state index contributed by atoms with van der Waals surface area (Å²) in [5, 5.41) is 2.66. The van der Waals surface area contributed by atoms with E-state index in [4.69, 9.17) is 4.74 Å². The van der Waals surface area contributed by atoms with E-state index >= 15 is 0 Å². The zero-order valence-corrected chi connectivity index (χ0v) is 16.3. The summed E-state index contributed by atoms with van der Waals surface area (Å²) in [6.45, 7) is 8.55. The molecule has 2 rings (SSSR count). The van der Waals surface area contributed by atoms with Crippen LogP contribution in [0.4, 0.5) is 0 Å². The highest BCUT2D eigenvalue weighted by Crippen LogP contribution is 2.57. The second-order valence-electron chi connectivity index (χ2n) is 6.80. The van der Waals surface area contributed by atoms with Crippen LogP contribution in [0.15, 0.2) is 0 Å². The van der Waals surface area contributed by atoms with Crippen LogP contribution in [0, 0.1) is 0 Å². The van der Waals surface area contributed by atoms with Gasteiger partial charge in [-0.1, -0.05) is 22.6 Å². The number of hydrogen-bond donors (Lipinski definition) is 1. The number of rotatable bonds is 3. The van der Waals surface area contributed by atoms with Crippen LogP contribution in [0.2, 0.25) is 0 Å². The molecule has 3 atom stereocenters. The van der Waals surface area contributed by atoms with Gasteiger partial charge in [-0.15, -0.1) is 11.8 Å². The lowest BCUT2D eigenvalue weighted by Gasteiger charge is -2.48. The Kier molecular flexibility index (Phi) is 4.49.